The number of halogens is 2. The highest BCUT2D eigenvalue weighted by molar-refractivity contribution is 5.33. The first-order valence-corrected chi connectivity index (χ1v) is 7.32. The summed E-state index contributed by atoms with van der Waals surface area (Å²) < 4.78 is 27.5. The predicted molar refractivity (Wildman–Crippen MR) is 80.7 cm³/mol. The van der Waals surface area contributed by atoms with E-state index in [4.69, 9.17) is 0 Å². The SMILES string of the molecule is CC(F)C1C(F)CN1C(c1ccccc1)c1ccccc1. The highest BCUT2D eigenvalue weighted by Gasteiger charge is 2.47. The second kappa shape index (κ2) is 5.94. The van der Waals surface area contributed by atoms with Gasteiger partial charge in [0.25, 0.3) is 0 Å². The molecule has 0 N–H and O–H groups in total. The normalized spacial score (nSPS) is 23.8. The van der Waals surface area contributed by atoms with E-state index in [-0.39, 0.29) is 12.6 Å². The van der Waals surface area contributed by atoms with Crippen LogP contribution in [-0.4, -0.2) is 29.8 Å². The maximum absolute atomic E-state index is 13.8. The fraction of sp³-hybridized carbons (Fsp3) is 0.333. The van der Waals surface area contributed by atoms with Gasteiger partial charge >= 0.3 is 0 Å². The van der Waals surface area contributed by atoms with Crippen LogP contribution in [0.3, 0.4) is 0 Å². The van der Waals surface area contributed by atoms with Crippen molar-refractivity contribution >= 4 is 0 Å². The summed E-state index contributed by atoms with van der Waals surface area (Å²) in [5.41, 5.74) is 2.14. The third-order valence-corrected chi connectivity index (χ3v) is 4.17. The van der Waals surface area contributed by atoms with Gasteiger partial charge in [-0.3, -0.25) is 4.90 Å². The minimum Gasteiger partial charge on any atom is -0.281 e. The van der Waals surface area contributed by atoms with E-state index >= 15 is 0 Å². The minimum absolute atomic E-state index is 0.0948. The van der Waals surface area contributed by atoms with Crippen molar-refractivity contribution in [1.29, 1.82) is 0 Å². The monoisotopic (exact) mass is 287 g/mol. The van der Waals surface area contributed by atoms with Crippen LogP contribution >= 0.6 is 0 Å². The summed E-state index contributed by atoms with van der Waals surface area (Å²) in [5, 5.41) is 0. The molecule has 1 fully saturated rings. The quantitative estimate of drug-likeness (QED) is 0.816. The van der Waals surface area contributed by atoms with Gasteiger partial charge in [-0.05, 0) is 18.1 Å². The number of alkyl halides is 2. The maximum atomic E-state index is 13.8. The van der Waals surface area contributed by atoms with Crippen molar-refractivity contribution in [3.63, 3.8) is 0 Å². The van der Waals surface area contributed by atoms with Crippen LogP contribution < -0.4 is 0 Å². The molecule has 3 unspecified atom stereocenters. The topological polar surface area (TPSA) is 3.24 Å². The molecule has 1 nitrogen and oxygen atoms in total. The Morgan fingerprint density at radius 1 is 0.952 bits per heavy atom. The molecule has 0 aromatic heterocycles. The third kappa shape index (κ3) is 2.70. The summed E-state index contributed by atoms with van der Waals surface area (Å²) in [6.45, 7) is 1.73. The second-order valence-corrected chi connectivity index (χ2v) is 5.60. The number of benzene rings is 2. The van der Waals surface area contributed by atoms with Crippen molar-refractivity contribution in [2.45, 2.75) is 31.4 Å². The number of nitrogens with zero attached hydrogens (tertiary/aromatic N) is 1. The smallest absolute Gasteiger partial charge is 0.131 e. The molecule has 0 radical (unpaired) electrons. The summed E-state index contributed by atoms with van der Waals surface area (Å²) in [7, 11) is 0. The van der Waals surface area contributed by atoms with Crippen LogP contribution in [0.4, 0.5) is 8.78 Å². The third-order valence-electron chi connectivity index (χ3n) is 4.17. The summed E-state index contributed by atoms with van der Waals surface area (Å²) >= 11 is 0. The molecule has 3 heteroatoms. The van der Waals surface area contributed by atoms with E-state index in [1.807, 2.05) is 65.6 Å². The lowest BCUT2D eigenvalue weighted by molar-refractivity contribution is -0.0661. The Labute approximate surface area is 124 Å². The first kappa shape index (κ1) is 14.2. The van der Waals surface area contributed by atoms with E-state index in [1.54, 1.807) is 0 Å². The van der Waals surface area contributed by atoms with Gasteiger partial charge in [0.2, 0.25) is 0 Å². The van der Waals surface area contributed by atoms with E-state index in [2.05, 4.69) is 0 Å². The molecule has 0 saturated carbocycles. The van der Waals surface area contributed by atoms with Crippen LogP contribution in [-0.2, 0) is 0 Å². The average molecular weight is 287 g/mol. The molecule has 3 atom stereocenters. The highest BCUT2D eigenvalue weighted by Crippen LogP contribution is 2.38. The van der Waals surface area contributed by atoms with Gasteiger partial charge in [-0.1, -0.05) is 60.7 Å². The molecule has 1 heterocycles. The van der Waals surface area contributed by atoms with Gasteiger partial charge in [0, 0.05) is 6.54 Å². The van der Waals surface area contributed by atoms with Gasteiger partial charge in [0.1, 0.15) is 12.3 Å². The lowest BCUT2D eigenvalue weighted by Crippen LogP contribution is -2.62. The molecule has 21 heavy (non-hydrogen) atoms. The molecule has 2 aromatic rings. The molecular weight excluding hydrogens is 268 g/mol. The number of hydrogen-bond acceptors (Lipinski definition) is 1. The van der Waals surface area contributed by atoms with E-state index in [1.165, 1.54) is 6.92 Å². The molecule has 0 aliphatic carbocycles. The molecule has 1 saturated heterocycles. The summed E-state index contributed by atoms with van der Waals surface area (Å²) in [5.74, 6) is 0. The molecule has 0 spiro atoms. The summed E-state index contributed by atoms with van der Waals surface area (Å²) in [6.07, 6.45) is -2.26. The molecule has 0 amide bonds. The fourth-order valence-corrected chi connectivity index (χ4v) is 3.18. The Balaban J connectivity index is 1.98. The Hall–Kier alpha value is -1.74. The second-order valence-electron chi connectivity index (χ2n) is 5.60. The minimum atomic E-state index is -1.18. The Morgan fingerprint density at radius 3 is 1.81 bits per heavy atom. The van der Waals surface area contributed by atoms with E-state index in [0.29, 0.717) is 0 Å². The van der Waals surface area contributed by atoms with Gasteiger partial charge in [0.15, 0.2) is 0 Å². The van der Waals surface area contributed by atoms with Crippen LogP contribution in [0.5, 0.6) is 0 Å². The van der Waals surface area contributed by atoms with Gasteiger partial charge in [-0.2, -0.15) is 0 Å². The van der Waals surface area contributed by atoms with Crippen LogP contribution in [0.2, 0.25) is 0 Å². The molecule has 0 bridgehead atoms. The van der Waals surface area contributed by atoms with Gasteiger partial charge in [-0.25, -0.2) is 8.78 Å². The molecular formula is C18H19F2N. The Morgan fingerprint density at radius 2 is 1.43 bits per heavy atom. The number of rotatable bonds is 4. The van der Waals surface area contributed by atoms with Crippen molar-refractivity contribution in [3.8, 4) is 0 Å². The molecule has 3 rings (SSSR count). The molecule has 110 valence electrons. The lowest BCUT2D eigenvalue weighted by Gasteiger charge is -2.49. The van der Waals surface area contributed by atoms with Crippen molar-refractivity contribution in [1.82, 2.24) is 4.90 Å². The number of hydrogen-bond donors (Lipinski definition) is 0. The molecule has 1 aliphatic heterocycles. The summed E-state index contributed by atoms with van der Waals surface area (Å²) in [4.78, 5) is 1.93. The average Bonchev–Trinajstić information content (AvgIpc) is 2.48. The van der Waals surface area contributed by atoms with Crippen LogP contribution in [0.25, 0.3) is 0 Å². The van der Waals surface area contributed by atoms with Gasteiger partial charge in [0.05, 0.1) is 12.1 Å². The van der Waals surface area contributed by atoms with Gasteiger partial charge < -0.3 is 0 Å². The first-order valence-electron chi connectivity index (χ1n) is 7.32. The largest absolute Gasteiger partial charge is 0.281 e. The zero-order chi connectivity index (χ0) is 14.8. The lowest BCUT2D eigenvalue weighted by atomic mass is 9.88. The zero-order valence-electron chi connectivity index (χ0n) is 12.0. The van der Waals surface area contributed by atoms with Crippen LogP contribution in [0, 0.1) is 0 Å². The van der Waals surface area contributed by atoms with Crippen LogP contribution in [0.1, 0.15) is 24.1 Å². The molecule has 2 aromatic carbocycles. The standard InChI is InChI=1S/C18H19F2N/c1-13(19)17-16(20)12-21(17)18(14-8-4-2-5-9-14)15-10-6-3-7-11-15/h2-11,13,16-18H,12H2,1H3. The highest BCUT2D eigenvalue weighted by atomic mass is 19.1. The maximum Gasteiger partial charge on any atom is 0.131 e. The van der Waals surface area contributed by atoms with E-state index < -0.39 is 18.4 Å². The zero-order valence-corrected chi connectivity index (χ0v) is 12.0. The summed E-state index contributed by atoms with van der Waals surface area (Å²) in [6, 6.07) is 19.1. The van der Waals surface area contributed by atoms with Crippen molar-refractivity contribution in [3.05, 3.63) is 71.8 Å². The van der Waals surface area contributed by atoms with Gasteiger partial charge in [-0.15, -0.1) is 0 Å². The fourth-order valence-electron chi connectivity index (χ4n) is 3.18. The van der Waals surface area contributed by atoms with Crippen molar-refractivity contribution in [2.24, 2.45) is 0 Å². The molecule has 1 aliphatic rings. The number of likely N-dealkylation sites (tertiary alicyclic amines) is 1. The van der Waals surface area contributed by atoms with Crippen molar-refractivity contribution < 1.29 is 8.78 Å². The Kier molecular flexibility index (Phi) is 4.02. The van der Waals surface area contributed by atoms with E-state index in [0.717, 1.165) is 11.1 Å². The van der Waals surface area contributed by atoms with Crippen LogP contribution in [0.15, 0.2) is 60.7 Å². The van der Waals surface area contributed by atoms with Crippen molar-refractivity contribution in [2.75, 3.05) is 6.54 Å². The first-order chi connectivity index (χ1) is 10.2. The van der Waals surface area contributed by atoms with E-state index in [9.17, 15) is 8.78 Å². The predicted octanol–water partition coefficient (Wildman–Crippen LogP) is 4.16. The Bertz CT molecular complexity index is 526.